The highest BCUT2D eigenvalue weighted by Gasteiger charge is 2.25. The van der Waals surface area contributed by atoms with Crippen LogP contribution in [0.2, 0.25) is 0 Å². The molecule has 122 valence electrons. The third-order valence-electron chi connectivity index (χ3n) is 4.75. The van der Waals surface area contributed by atoms with Gasteiger partial charge in [-0.25, -0.2) is 4.68 Å². The van der Waals surface area contributed by atoms with Crippen molar-refractivity contribution < 1.29 is 0 Å². The Bertz CT molecular complexity index is 911. The predicted molar refractivity (Wildman–Crippen MR) is 102 cm³/mol. The third-order valence-corrected chi connectivity index (χ3v) is 5.54. The Morgan fingerprint density at radius 1 is 1.08 bits per heavy atom. The first kappa shape index (κ1) is 15.3. The van der Waals surface area contributed by atoms with Gasteiger partial charge in [0.2, 0.25) is 0 Å². The Labute approximate surface area is 147 Å². The quantitative estimate of drug-likeness (QED) is 0.694. The molecule has 1 aromatic heterocycles. The summed E-state index contributed by atoms with van der Waals surface area (Å²) in [5.74, 6) is 1.14. The number of nitrogens with one attached hydrogen (secondary N) is 1. The van der Waals surface area contributed by atoms with Crippen LogP contribution in [-0.2, 0) is 6.42 Å². The zero-order chi connectivity index (χ0) is 16.7. The molecule has 1 N–H and O–H groups in total. The summed E-state index contributed by atoms with van der Waals surface area (Å²) in [5.41, 5.74) is 7.39. The third kappa shape index (κ3) is 2.42. The average molecular weight is 335 g/mol. The van der Waals surface area contributed by atoms with E-state index in [4.69, 9.17) is 5.10 Å². The molecule has 2 aromatic carbocycles. The van der Waals surface area contributed by atoms with Gasteiger partial charge in [-0.15, -0.1) is 11.8 Å². The molecule has 0 atom stereocenters. The highest BCUT2D eigenvalue weighted by Crippen LogP contribution is 2.38. The molecule has 4 rings (SSSR count). The van der Waals surface area contributed by atoms with E-state index in [9.17, 15) is 0 Å². The van der Waals surface area contributed by atoms with Gasteiger partial charge in [-0.3, -0.25) is 0 Å². The number of aryl methyl sites for hydroxylation is 2. The molecule has 0 aliphatic carbocycles. The van der Waals surface area contributed by atoms with Crippen LogP contribution in [0.3, 0.4) is 0 Å². The van der Waals surface area contributed by atoms with E-state index >= 15 is 0 Å². The number of thioether (sulfide) groups is 1. The standard InChI is InChI=1S/C20H21N3S/c1-13-8-9-15(12-14(13)2)23-20-17(10-11-21-20)19(22-23)16-6-4-5-7-18(16)24-3/h4-9,12,21H,10-11H2,1-3H3. The molecular weight excluding hydrogens is 314 g/mol. The van der Waals surface area contributed by atoms with E-state index in [1.807, 2.05) is 0 Å². The van der Waals surface area contributed by atoms with Gasteiger partial charge < -0.3 is 5.32 Å². The fourth-order valence-electron chi connectivity index (χ4n) is 3.28. The number of hydrogen-bond donors (Lipinski definition) is 1. The summed E-state index contributed by atoms with van der Waals surface area (Å²) in [6, 6.07) is 15.1. The van der Waals surface area contributed by atoms with Crippen LogP contribution >= 0.6 is 11.8 Å². The van der Waals surface area contributed by atoms with Crippen LogP contribution in [-0.4, -0.2) is 22.6 Å². The topological polar surface area (TPSA) is 29.9 Å². The molecule has 0 unspecified atom stereocenters. The van der Waals surface area contributed by atoms with Crippen molar-refractivity contribution in [2.75, 3.05) is 18.1 Å². The predicted octanol–water partition coefficient (Wildman–Crippen LogP) is 4.85. The van der Waals surface area contributed by atoms with E-state index in [0.29, 0.717) is 0 Å². The van der Waals surface area contributed by atoms with Crippen molar-refractivity contribution in [1.82, 2.24) is 9.78 Å². The minimum absolute atomic E-state index is 0.979. The van der Waals surface area contributed by atoms with Crippen LogP contribution in [0, 0.1) is 13.8 Å². The summed E-state index contributed by atoms with van der Waals surface area (Å²) in [6.07, 6.45) is 3.15. The first-order chi connectivity index (χ1) is 11.7. The Balaban J connectivity index is 1.91. The lowest BCUT2D eigenvalue weighted by Gasteiger charge is -2.09. The zero-order valence-corrected chi connectivity index (χ0v) is 15.1. The molecule has 0 radical (unpaired) electrons. The number of anilines is 1. The molecule has 1 aliphatic rings. The van der Waals surface area contributed by atoms with Crippen LogP contribution in [0.25, 0.3) is 16.9 Å². The first-order valence-corrected chi connectivity index (χ1v) is 9.48. The maximum absolute atomic E-state index is 4.99. The zero-order valence-electron chi connectivity index (χ0n) is 14.3. The maximum atomic E-state index is 4.99. The Hall–Kier alpha value is -2.20. The Morgan fingerprint density at radius 3 is 2.71 bits per heavy atom. The van der Waals surface area contributed by atoms with Gasteiger partial charge >= 0.3 is 0 Å². The van der Waals surface area contributed by atoms with Crippen molar-refractivity contribution in [3.63, 3.8) is 0 Å². The maximum Gasteiger partial charge on any atom is 0.133 e. The molecule has 2 heterocycles. The van der Waals surface area contributed by atoms with E-state index in [-0.39, 0.29) is 0 Å². The molecule has 0 saturated heterocycles. The Kier molecular flexibility index (Phi) is 3.85. The number of fused-ring (bicyclic) bond motifs is 1. The van der Waals surface area contributed by atoms with E-state index in [1.165, 1.54) is 27.1 Å². The lowest BCUT2D eigenvalue weighted by atomic mass is 10.1. The molecule has 4 heteroatoms. The number of aromatic nitrogens is 2. The second kappa shape index (κ2) is 6.02. The van der Waals surface area contributed by atoms with Crippen LogP contribution in [0.1, 0.15) is 16.7 Å². The molecular formula is C20H21N3S. The van der Waals surface area contributed by atoms with Crippen LogP contribution in [0.15, 0.2) is 47.4 Å². The van der Waals surface area contributed by atoms with Crippen molar-refractivity contribution in [3.8, 4) is 16.9 Å². The first-order valence-electron chi connectivity index (χ1n) is 8.26. The average Bonchev–Trinajstić information content (AvgIpc) is 3.20. The monoisotopic (exact) mass is 335 g/mol. The van der Waals surface area contributed by atoms with Gasteiger partial charge in [-0.2, -0.15) is 5.10 Å². The van der Waals surface area contributed by atoms with Crippen molar-refractivity contribution in [1.29, 1.82) is 0 Å². The van der Waals surface area contributed by atoms with Crippen molar-refractivity contribution in [2.24, 2.45) is 0 Å². The minimum atomic E-state index is 0.979. The van der Waals surface area contributed by atoms with Gasteiger partial charge in [-0.05, 0) is 55.9 Å². The Morgan fingerprint density at radius 2 is 1.92 bits per heavy atom. The van der Waals surface area contributed by atoms with E-state index < -0.39 is 0 Å². The van der Waals surface area contributed by atoms with Crippen LogP contribution in [0.4, 0.5) is 5.82 Å². The minimum Gasteiger partial charge on any atom is -0.369 e. The summed E-state index contributed by atoms with van der Waals surface area (Å²) in [5, 5.41) is 8.52. The number of hydrogen-bond acceptors (Lipinski definition) is 3. The molecule has 0 bridgehead atoms. The van der Waals surface area contributed by atoms with Crippen LogP contribution < -0.4 is 5.32 Å². The summed E-state index contributed by atoms with van der Waals surface area (Å²) >= 11 is 1.78. The lowest BCUT2D eigenvalue weighted by molar-refractivity contribution is 0.879. The number of rotatable bonds is 3. The fraction of sp³-hybridized carbons (Fsp3) is 0.250. The summed E-state index contributed by atoms with van der Waals surface area (Å²) in [6.45, 7) is 5.28. The molecule has 0 fully saturated rings. The van der Waals surface area contributed by atoms with Gasteiger partial charge in [-0.1, -0.05) is 24.3 Å². The highest BCUT2D eigenvalue weighted by molar-refractivity contribution is 7.98. The van der Waals surface area contributed by atoms with Gasteiger partial charge in [0, 0.05) is 22.6 Å². The molecule has 3 nitrogen and oxygen atoms in total. The normalized spacial score (nSPS) is 13.0. The molecule has 0 spiro atoms. The second-order valence-electron chi connectivity index (χ2n) is 6.23. The van der Waals surface area contributed by atoms with E-state index in [1.54, 1.807) is 11.8 Å². The fourth-order valence-corrected chi connectivity index (χ4v) is 3.87. The van der Waals surface area contributed by atoms with E-state index in [2.05, 4.69) is 72.6 Å². The molecule has 1 aliphatic heterocycles. The largest absolute Gasteiger partial charge is 0.369 e. The number of nitrogens with zero attached hydrogens (tertiary/aromatic N) is 2. The smallest absolute Gasteiger partial charge is 0.133 e. The lowest BCUT2D eigenvalue weighted by Crippen LogP contribution is -2.04. The van der Waals surface area contributed by atoms with Crippen molar-refractivity contribution in [2.45, 2.75) is 25.2 Å². The van der Waals surface area contributed by atoms with Gasteiger partial charge in [0.15, 0.2) is 0 Å². The summed E-state index contributed by atoms with van der Waals surface area (Å²) in [7, 11) is 0. The molecule has 0 amide bonds. The van der Waals surface area contributed by atoms with Crippen molar-refractivity contribution >= 4 is 17.6 Å². The summed E-state index contributed by atoms with van der Waals surface area (Å²) in [4.78, 5) is 1.27. The van der Waals surface area contributed by atoms with Crippen molar-refractivity contribution in [3.05, 3.63) is 59.2 Å². The summed E-state index contributed by atoms with van der Waals surface area (Å²) < 4.78 is 2.07. The highest BCUT2D eigenvalue weighted by atomic mass is 32.2. The molecule has 24 heavy (non-hydrogen) atoms. The second-order valence-corrected chi connectivity index (χ2v) is 7.08. The van der Waals surface area contributed by atoms with Gasteiger partial charge in [0.1, 0.15) is 5.82 Å². The number of benzene rings is 2. The van der Waals surface area contributed by atoms with Crippen LogP contribution in [0.5, 0.6) is 0 Å². The molecule has 3 aromatic rings. The van der Waals surface area contributed by atoms with E-state index in [0.717, 1.165) is 30.2 Å². The van der Waals surface area contributed by atoms with Gasteiger partial charge in [0.25, 0.3) is 0 Å². The SMILES string of the molecule is CSc1ccccc1-c1nn(-c2ccc(C)c(C)c2)c2c1CCN2. The molecule has 0 saturated carbocycles. The van der Waals surface area contributed by atoms with Gasteiger partial charge in [0.05, 0.1) is 11.4 Å².